The van der Waals surface area contributed by atoms with Gasteiger partial charge in [-0.2, -0.15) is 0 Å². The highest BCUT2D eigenvalue weighted by atomic mass is 15.5. The number of fused-ring (bicyclic) bond motifs is 8. The molecule has 4 nitrogen and oxygen atoms in total. The molecule has 3 aromatic carbocycles. The number of hydrogen-bond donors (Lipinski definition) is 0. The molecule has 0 saturated heterocycles. The molecule has 1 aliphatic carbocycles. The Morgan fingerprint density at radius 3 is 2.31 bits per heavy atom. The molecule has 0 N–H and O–H groups in total. The van der Waals surface area contributed by atoms with Gasteiger partial charge in [-0.05, 0) is 59.2 Å². The molecule has 3 unspecified atom stereocenters. The number of aromatic nitrogens is 2. The van der Waals surface area contributed by atoms with Gasteiger partial charge < -0.3 is 9.80 Å². The summed E-state index contributed by atoms with van der Waals surface area (Å²) in [6.45, 7) is 9.48. The van der Waals surface area contributed by atoms with Crippen LogP contribution in [0.4, 0.5) is 23.0 Å². The lowest BCUT2D eigenvalue weighted by atomic mass is 9.80. The van der Waals surface area contributed by atoms with Gasteiger partial charge in [0.2, 0.25) is 0 Å². The van der Waals surface area contributed by atoms with E-state index < -0.39 is 0 Å². The second-order valence-corrected chi connectivity index (χ2v) is 11.6. The zero-order valence-corrected chi connectivity index (χ0v) is 21.4. The third kappa shape index (κ3) is 2.81. The van der Waals surface area contributed by atoms with E-state index in [4.69, 9.17) is 9.97 Å². The molecular weight excluding hydrogens is 440 g/mol. The zero-order valence-electron chi connectivity index (χ0n) is 21.4. The van der Waals surface area contributed by atoms with Gasteiger partial charge in [0.1, 0.15) is 6.17 Å². The molecule has 1 aromatic heterocycles. The van der Waals surface area contributed by atoms with Crippen molar-refractivity contribution in [1.82, 2.24) is 9.97 Å². The smallest absolute Gasteiger partial charge is 0.178 e. The van der Waals surface area contributed by atoms with E-state index >= 15 is 0 Å². The fourth-order valence-electron chi connectivity index (χ4n) is 6.93. The first-order chi connectivity index (χ1) is 17.4. The molecule has 4 heteroatoms. The van der Waals surface area contributed by atoms with Crippen molar-refractivity contribution in [3.63, 3.8) is 0 Å². The van der Waals surface area contributed by atoms with Crippen molar-refractivity contribution in [1.29, 1.82) is 0 Å². The summed E-state index contributed by atoms with van der Waals surface area (Å²) in [5.41, 5.74) is 8.11. The molecule has 1 fully saturated rings. The molecule has 0 radical (unpaired) electrons. The first kappa shape index (κ1) is 21.6. The molecule has 2 aliphatic heterocycles. The molecule has 1 saturated carbocycles. The molecule has 7 rings (SSSR count). The Morgan fingerprint density at radius 1 is 0.861 bits per heavy atom. The summed E-state index contributed by atoms with van der Waals surface area (Å²) < 4.78 is 0. The van der Waals surface area contributed by atoms with Crippen LogP contribution in [0, 0.1) is 11.3 Å². The minimum atomic E-state index is 0.0925. The van der Waals surface area contributed by atoms with Gasteiger partial charge >= 0.3 is 0 Å². The van der Waals surface area contributed by atoms with Gasteiger partial charge in [0.15, 0.2) is 11.6 Å². The van der Waals surface area contributed by atoms with Crippen molar-refractivity contribution in [3.05, 3.63) is 96.3 Å². The summed E-state index contributed by atoms with van der Waals surface area (Å²) in [5.74, 6) is 2.51. The number of anilines is 4. The Balaban J connectivity index is 1.45. The lowest BCUT2D eigenvalue weighted by Crippen LogP contribution is -2.50. The summed E-state index contributed by atoms with van der Waals surface area (Å²) in [6.07, 6.45) is 6.01. The van der Waals surface area contributed by atoms with Gasteiger partial charge in [-0.15, -0.1) is 0 Å². The molecule has 3 aliphatic rings. The average molecular weight is 473 g/mol. The SMILES string of the molecule is CC(C)Cc1ccccc1-c1ccc2c(c1)N1c3nccnc3N(c3ccccc3)C1C1(C)CC21C. The molecular formula is C32H32N4. The number of nitrogens with zero attached hydrogens (tertiary/aromatic N) is 4. The third-order valence-corrected chi connectivity index (χ3v) is 8.87. The number of hydrogen-bond acceptors (Lipinski definition) is 4. The molecule has 4 aromatic rings. The van der Waals surface area contributed by atoms with Crippen molar-refractivity contribution in [3.8, 4) is 11.1 Å². The van der Waals surface area contributed by atoms with E-state index in [-0.39, 0.29) is 17.0 Å². The van der Waals surface area contributed by atoms with Crippen molar-refractivity contribution < 1.29 is 0 Å². The monoisotopic (exact) mass is 472 g/mol. The molecule has 0 amide bonds. The van der Waals surface area contributed by atoms with Crippen molar-refractivity contribution >= 4 is 23.0 Å². The highest BCUT2D eigenvalue weighted by Gasteiger charge is 2.73. The minimum Gasteiger partial charge on any atom is -0.301 e. The predicted molar refractivity (Wildman–Crippen MR) is 147 cm³/mol. The van der Waals surface area contributed by atoms with Crippen LogP contribution in [-0.4, -0.2) is 16.1 Å². The van der Waals surface area contributed by atoms with E-state index in [0.717, 1.165) is 24.5 Å². The maximum atomic E-state index is 4.91. The molecule has 3 heterocycles. The Morgan fingerprint density at radius 2 is 1.56 bits per heavy atom. The normalized spacial score (nSPS) is 25.3. The quantitative estimate of drug-likeness (QED) is 0.305. The lowest BCUT2D eigenvalue weighted by Gasteiger charge is -2.44. The van der Waals surface area contributed by atoms with Crippen LogP contribution < -0.4 is 9.80 Å². The summed E-state index contributed by atoms with van der Waals surface area (Å²) in [7, 11) is 0. The Bertz CT molecular complexity index is 1480. The van der Waals surface area contributed by atoms with Crippen LogP contribution in [0.1, 0.15) is 45.2 Å². The van der Waals surface area contributed by atoms with Gasteiger partial charge in [0.25, 0.3) is 0 Å². The first-order valence-electron chi connectivity index (χ1n) is 13.1. The van der Waals surface area contributed by atoms with Gasteiger partial charge in [-0.1, -0.05) is 82.3 Å². The average Bonchev–Trinajstić information content (AvgIpc) is 3.31. The van der Waals surface area contributed by atoms with E-state index in [0.29, 0.717) is 5.92 Å². The molecule has 0 bridgehead atoms. The van der Waals surface area contributed by atoms with Gasteiger partial charge in [-0.3, -0.25) is 0 Å². The van der Waals surface area contributed by atoms with Crippen molar-refractivity contribution in [2.24, 2.45) is 11.3 Å². The Hall–Kier alpha value is -3.66. The summed E-state index contributed by atoms with van der Waals surface area (Å²) in [6, 6.07) is 26.7. The van der Waals surface area contributed by atoms with E-state index in [1.807, 2.05) is 12.4 Å². The van der Waals surface area contributed by atoms with Crippen LogP contribution >= 0.6 is 0 Å². The minimum absolute atomic E-state index is 0.0925. The maximum absolute atomic E-state index is 4.91. The Labute approximate surface area is 213 Å². The molecule has 36 heavy (non-hydrogen) atoms. The van der Waals surface area contributed by atoms with Crippen LogP contribution in [0.25, 0.3) is 11.1 Å². The highest BCUT2D eigenvalue weighted by molar-refractivity contribution is 5.89. The third-order valence-electron chi connectivity index (χ3n) is 8.87. The van der Waals surface area contributed by atoms with Gasteiger partial charge in [0, 0.05) is 34.6 Å². The lowest BCUT2D eigenvalue weighted by molar-refractivity contribution is 0.371. The number of rotatable bonds is 4. The first-order valence-corrected chi connectivity index (χ1v) is 13.1. The van der Waals surface area contributed by atoms with Crippen LogP contribution in [0.5, 0.6) is 0 Å². The van der Waals surface area contributed by atoms with Crippen molar-refractivity contribution in [2.75, 3.05) is 9.80 Å². The zero-order chi connectivity index (χ0) is 24.7. The Kier molecular flexibility index (Phi) is 4.46. The summed E-state index contributed by atoms with van der Waals surface area (Å²) in [5, 5.41) is 0. The van der Waals surface area contributed by atoms with E-state index in [9.17, 15) is 0 Å². The number of para-hydroxylation sites is 1. The highest BCUT2D eigenvalue weighted by Crippen LogP contribution is 2.74. The maximum Gasteiger partial charge on any atom is 0.178 e. The second-order valence-electron chi connectivity index (χ2n) is 11.6. The fraction of sp³-hybridized carbons (Fsp3) is 0.312. The summed E-state index contributed by atoms with van der Waals surface area (Å²) >= 11 is 0. The topological polar surface area (TPSA) is 32.3 Å². The van der Waals surface area contributed by atoms with E-state index in [2.05, 4.69) is 110 Å². The van der Waals surface area contributed by atoms with Crippen molar-refractivity contribution in [2.45, 2.75) is 52.1 Å². The standard InChI is InChI=1S/C32H32N4/c1-21(2)18-22-10-8-9-13-25(22)23-14-15-26-27(19-23)36-29-28(33-16-17-34-29)35(24-11-6-5-7-12-24)30(36)32(4)20-31(26,32)3/h5-17,19,21,30H,18,20H2,1-4H3. The molecule has 3 atom stereocenters. The van der Waals surface area contributed by atoms with Gasteiger partial charge in [-0.25, -0.2) is 9.97 Å². The largest absolute Gasteiger partial charge is 0.301 e. The van der Waals surface area contributed by atoms with E-state index in [1.165, 1.54) is 33.6 Å². The molecule has 180 valence electrons. The predicted octanol–water partition coefficient (Wildman–Crippen LogP) is 7.64. The van der Waals surface area contributed by atoms with Crippen LogP contribution in [0.15, 0.2) is 85.2 Å². The second kappa shape index (κ2) is 7.42. The number of benzene rings is 3. The van der Waals surface area contributed by atoms with Crippen LogP contribution in [0.2, 0.25) is 0 Å². The fourth-order valence-corrected chi connectivity index (χ4v) is 6.93. The summed E-state index contributed by atoms with van der Waals surface area (Å²) in [4.78, 5) is 14.7. The van der Waals surface area contributed by atoms with Gasteiger partial charge in [0.05, 0.1) is 0 Å². The van der Waals surface area contributed by atoms with Crippen LogP contribution in [-0.2, 0) is 11.8 Å². The molecule has 0 spiro atoms. The van der Waals surface area contributed by atoms with Crippen LogP contribution in [0.3, 0.4) is 0 Å². The van der Waals surface area contributed by atoms with E-state index in [1.54, 1.807) is 0 Å².